The summed E-state index contributed by atoms with van der Waals surface area (Å²) in [6, 6.07) is 9.38. The molecule has 4 rings (SSSR count). The lowest BCUT2D eigenvalue weighted by molar-refractivity contribution is 0.495. The van der Waals surface area contributed by atoms with Crippen LogP contribution in [0.1, 0.15) is 43.9 Å². The van der Waals surface area contributed by atoms with Crippen molar-refractivity contribution >= 4 is 17.1 Å². The monoisotopic (exact) mass is 421 g/mol. The number of nitrogens with zero attached hydrogens (tertiary/aromatic N) is 6. The average molecular weight is 422 g/mol. The first-order valence-corrected chi connectivity index (χ1v) is 10.5. The Kier molecular flexibility index (Phi) is 5.41. The van der Waals surface area contributed by atoms with Crippen molar-refractivity contribution in [2.45, 2.75) is 45.3 Å². The molecule has 0 amide bonds. The molecule has 1 aliphatic rings. The van der Waals surface area contributed by atoms with Gasteiger partial charge in [0, 0.05) is 32.2 Å². The molecule has 3 aromatic rings. The molecule has 3 heterocycles. The van der Waals surface area contributed by atoms with Gasteiger partial charge in [-0.3, -0.25) is 18.5 Å². The number of hydrogen-bond acceptors (Lipinski definition) is 6. The van der Waals surface area contributed by atoms with E-state index < -0.39 is 11.2 Å². The van der Waals surface area contributed by atoms with Crippen molar-refractivity contribution < 1.29 is 0 Å². The summed E-state index contributed by atoms with van der Waals surface area (Å²) in [6.45, 7) is 5.48. The van der Waals surface area contributed by atoms with Gasteiger partial charge in [-0.15, -0.1) is 0 Å². The van der Waals surface area contributed by atoms with Crippen LogP contribution in [0.15, 0.2) is 33.9 Å². The van der Waals surface area contributed by atoms with Crippen molar-refractivity contribution in [3.8, 4) is 6.07 Å². The van der Waals surface area contributed by atoms with Crippen LogP contribution in [0.2, 0.25) is 0 Å². The fraction of sp³-hybridized carbons (Fsp3) is 0.455. The quantitative estimate of drug-likeness (QED) is 0.680. The van der Waals surface area contributed by atoms with Crippen LogP contribution in [0.3, 0.4) is 0 Å². The minimum absolute atomic E-state index is 0.0172. The smallest absolute Gasteiger partial charge is 0.332 e. The third-order valence-corrected chi connectivity index (χ3v) is 5.88. The van der Waals surface area contributed by atoms with Crippen molar-refractivity contribution in [1.29, 1.82) is 5.26 Å². The molecule has 1 aromatic carbocycles. The average Bonchev–Trinajstić information content (AvgIpc) is 3.11. The second-order valence-corrected chi connectivity index (χ2v) is 8.40. The first-order valence-electron chi connectivity index (χ1n) is 10.5. The van der Waals surface area contributed by atoms with Crippen molar-refractivity contribution in [3.05, 3.63) is 56.2 Å². The molecule has 1 saturated heterocycles. The molecule has 1 fully saturated rings. The molecule has 1 atom stereocenters. The summed E-state index contributed by atoms with van der Waals surface area (Å²) in [5.41, 5.74) is 7.49. The molecule has 2 aromatic heterocycles. The Bertz CT molecular complexity index is 1290. The van der Waals surface area contributed by atoms with E-state index in [1.807, 2.05) is 36.6 Å². The number of fused-ring (bicyclic) bond motifs is 1. The third kappa shape index (κ3) is 3.53. The van der Waals surface area contributed by atoms with Gasteiger partial charge in [0.05, 0.1) is 18.2 Å². The van der Waals surface area contributed by atoms with Gasteiger partial charge in [0.25, 0.3) is 5.56 Å². The molecular formula is C22H27N7O2. The molecule has 9 heteroatoms. The topological polar surface area (TPSA) is 115 Å². The van der Waals surface area contributed by atoms with Crippen LogP contribution in [0.5, 0.6) is 0 Å². The fourth-order valence-corrected chi connectivity index (χ4v) is 4.29. The number of anilines is 1. The lowest BCUT2D eigenvalue weighted by Crippen LogP contribution is -2.44. The Morgan fingerprint density at radius 3 is 2.71 bits per heavy atom. The molecule has 0 radical (unpaired) electrons. The van der Waals surface area contributed by atoms with Gasteiger partial charge in [0.2, 0.25) is 5.95 Å². The SMILES string of the molecule is CC(C)n1c(=O)n(C)c(=O)c2c1nc(N1CCCC(N)C1)n2Cc1ccccc1C#N. The summed E-state index contributed by atoms with van der Waals surface area (Å²) in [5.74, 6) is 0.606. The summed E-state index contributed by atoms with van der Waals surface area (Å²) in [6.07, 6.45) is 1.86. The van der Waals surface area contributed by atoms with Crippen LogP contribution < -0.4 is 21.9 Å². The molecule has 0 saturated carbocycles. The summed E-state index contributed by atoms with van der Waals surface area (Å²) in [4.78, 5) is 33.0. The number of imidazole rings is 1. The predicted octanol–water partition coefficient (Wildman–Crippen LogP) is 1.33. The van der Waals surface area contributed by atoms with E-state index >= 15 is 0 Å². The largest absolute Gasteiger partial charge is 0.341 e. The molecule has 31 heavy (non-hydrogen) atoms. The maximum atomic E-state index is 13.2. The van der Waals surface area contributed by atoms with Gasteiger partial charge in [0.1, 0.15) is 0 Å². The fourth-order valence-electron chi connectivity index (χ4n) is 4.29. The van der Waals surface area contributed by atoms with Gasteiger partial charge >= 0.3 is 5.69 Å². The predicted molar refractivity (Wildman–Crippen MR) is 119 cm³/mol. The molecular weight excluding hydrogens is 394 g/mol. The van der Waals surface area contributed by atoms with Crippen LogP contribution in [-0.4, -0.2) is 37.8 Å². The molecule has 1 aliphatic heterocycles. The van der Waals surface area contributed by atoms with Crippen LogP contribution in [0.25, 0.3) is 11.2 Å². The molecule has 9 nitrogen and oxygen atoms in total. The number of hydrogen-bond donors (Lipinski definition) is 1. The molecule has 0 bridgehead atoms. The number of rotatable bonds is 4. The lowest BCUT2D eigenvalue weighted by atomic mass is 10.1. The van der Waals surface area contributed by atoms with Crippen LogP contribution in [0, 0.1) is 11.3 Å². The van der Waals surface area contributed by atoms with Crippen molar-refractivity contribution in [3.63, 3.8) is 0 Å². The van der Waals surface area contributed by atoms with Gasteiger partial charge < -0.3 is 10.6 Å². The molecule has 0 aliphatic carbocycles. The van der Waals surface area contributed by atoms with E-state index in [0.717, 1.165) is 29.5 Å². The van der Waals surface area contributed by atoms with E-state index in [1.54, 1.807) is 10.6 Å². The zero-order valence-corrected chi connectivity index (χ0v) is 18.1. The van der Waals surface area contributed by atoms with Gasteiger partial charge in [-0.1, -0.05) is 18.2 Å². The van der Waals surface area contributed by atoms with Crippen LogP contribution in [0.4, 0.5) is 5.95 Å². The zero-order chi connectivity index (χ0) is 22.3. The first-order chi connectivity index (χ1) is 14.8. The van der Waals surface area contributed by atoms with Gasteiger partial charge in [-0.25, -0.2) is 4.79 Å². The molecule has 1 unspecified atom stereocenters. The Balaban J connectivity index is 2.03. The maximum Gasteiger partial charge on any atom is 0.332 e. The zero-order valence-electron chi connectivity index (χ0n) is 18.1. The number of piperidine rings is 1. The summed E-state index contributed by atoms with van der Waals surface area (Å²) in [7, 11) is 1.49. The summed E-state index contributed by atoms with van der Waals surface area (Å²) in [5, 5.41) is 9.55. The highest BCUT2D eigenvalue weighted by Gasteiger charge is 2.27. The second-order valence-electron chi connectivity index (χ2n) is 8.40. The first kappa shape index (κ1) is 20.9. The number of aromatic nitrogens is 4. The number of nitrogens with two attached hydrogens (primary N) is 1. The molecule has 0 spiro atoms. The standard InChI is InChI=1S/C22H27N7O2/c1-14(2)29-19-18(20(30)26(3)22(29)31)28(12-16-8-5-4-7-15(16)11-23)21(25-19)27-10-6-9-17(24)13-27/h4-5,7-8,14,17H,6,9-10,12-13,24H2,1-3H3. The number of nitriles is 1. The lowest BCUT2D eigenvalue weighted by Gasteiger charge is -2.32. The van der Waals surface area contributed by atoms with Crippen LogP contribution in [-0.2, 0) is 13.6 Å². The third-order valence-electron chi connectivity index (χ3n) is 5.88. The van der Waals surface area contributed by atoms with E-state index in [-0.39, 0.29) is 12.1 Å². The van der Waals surface area contributed by atoms with E-state index in [1.165, 1.54) is 7.05 Å². The Morgan fingerprint density at radius 1 is 1.29 bits per heavy atom. The van der Waals surface area contributed by atoms with E-state index in [4.69, 9.17) is 10.7 Å². The highest BCUT2D eigenvalue weighted by Crippen LogP contribution is 2.26. The normalized spacial score (nSPS) is 16.8. The minimum Gasteiger partial charge on any atom is -0.341 e. The van der Waals surface area contributed by atoms with Crippen LogP contribution >= 0.6 is 0 Å². The van der Waals surface area contributed by atoms with Gasteiger partial charge in [-0.05, 0) is 38.3 Å². The highest BCUT2D eigenvalue weighted by molar-refractivity contribution is 5.75. The van der Waals surface area contributed by atoms with Crippen molar-refractivity contribution in [2.75, 3.05) is 18.0 Å². The molecule has 2 N–H and O–H groups in total. The molecule has 162 valence electrons. The van der Waals surface area contributed by atoms with E-state index in [9.17, 15) is 14.9 Å². The Morgan fingerprint density at radius 2 is 2.03 bits per heavy atom. The second kappa shape index (κ2) is 8.04. The maximum absolute atomic E-state index is 13.2. The van der Waals surface area contributed by atoms with E-state index in [0.29, 0.717) is 35.8 Å². The highest BCUT2D eigenvalue weighted by atomic mass is 16.2. The summed E-state index contributed by atoms with van der Waals surface area (Å²) < 4.78 is 4.52. The van der Waals surface area contributed by atoms with E-state index in [2.05, 4.69) is 11.0 Å². The minimum atomic E-state index is -0.397. The van der Waals surface area contributed by atoms with Gasteiger partial charge in [0.15, 0.2) is 11.2 Å². The van der Waals surface area contributed by atoms with Crippen molar-refractivity contribution in [2.24, 2.45) is 12.8 Å². The Labute approximate surface area is 179 Å². The van der Waals surface area contributed by atoms with Gasteiger partial charge in [-0.2, -0.15) is 10.2 Å². The van der Waals surface area contributed by atoms with Crippen molar-refractivity contribution in [1.82, 2.24) is 18.7 Å². The Hall–Kier alpha value is -3.38. The summed E-state index contributed by atoms with van der Waals surface area (Å²) >= 11 is 0. The number of benzene rings is 1.